The first-order valence-corrected chi connectivity index (χ1v) is 10.1. The molecule has 1 atom stereocenters. The summed E-state index contributed by atoms with van der Waals surface area (Å²) in [6.45, 7) is 0.951. The summed E-state index contributed by atoms with van der Waals surface area (Å²) < 4.78 is 65.7. The third-order valence-corrected chi connectivity index (χ3v) is 5.35. The quantitative estimate of drug-likeness (QED) is 0.222. The first-order chi connectivity index (χ1) is 14.5. The Balaban J connectivity index is 2.46. The fraction of sp³-hybridized carbons (Fsp3) is 0.278. The second-order valence-corrected chi connectivity index (χ2v) is 7.57. The molecule has 0 saturated heterocycles. The summed E-state index contributed by atoms with van der Waals surface area (Å²) in [6, 6.07) is 4.62. The monoisotopic (exact) mass is 480 g/mol. The van der Waals surface area contributed by atoms with Crippen molar-refractivity contribution in [2.45, 2.75) is 19.5 Å². The van der Waals surface area contributed by atoms with Gasteiger partial charge in [0.15, 0.2) is 6.61 Å². The number of methoxy groups -OCH3 is 1. The number of halogens is 4. The fourth-order valence-electron chi connectivity index (χ4n) is 2.38. The second-order valence-electron chi connectivity index (χ2n) is 5.91. The molecule has 1 unspecified atom stereocenters. The fourth-order valence-corrected chi connectivity index (χ4v) is 3.52. The highest BCUT2D eigenvalue weighted by Crippen LogP contribution is 2.39. The van der Waals surface area contributed by atoms with Gasteiger partial charge in [-0.25, -0.2) is 4.79 Å². The van der Waals surface area contributed by atoms with Gasteiger partial charge < -0.3 is 9.47 Å². The standard InChI is InChI=1S/C18H15ClF3NO7P/c1-3-10-6-13(23(25)26)16(31(27)29-9-17(24)28-2)8-15(10)30-14-5-4-11(7-12(14)19)18(20,21)22/h4-8H,3,9H2,1-2H3/q+1. The number of benzene rings is 2. The molecular formula is C18H15ClF3NO7P+. The van der Waals surface area contributed by atoms with Gasteiger partial charge in [0.1, 0.15) is 11.5 Å². The molecule has 0 N–H and O–H groups in total. The van der Waals surface area contributed by atoms with Crippen LogP contribution >= 0.6 is 19.6 Å². The highest BCUT2D eigenvalue weighted by Gasteiger charge is 2.36. The van der Waals surface area contributed by atoms with Crippen LogP contribution in [0.5, 0.6) is 11.5 Å². The lowest BCUT2D eigenvalue weighted by Gasteiger charge is -2.13. The van der Waals surface area contributed by atoms with Crippen LogP contribution in [0, 0.1) is 10.1 Å². The van der Waals surface area contributed by atoms with Crippen LogP contribution in [0.15, 0.2) is 30.3 Å². The molecule has 0 aliphatic heterocycles. The van der Waals surface area contributed by atoms with Crippen molar-refractivity contribution in [3.8, 4) is 11.5 Å². The van der Waals surface area contributed by atoms with Gasteiger partial charge in [0.25, 0.3) is 0 Å². The van der Waals surface area contributed by atoms with Crippen molar-refractivity contribution in [2.24, 2.45) is 0 Å². The molecule has 0 fully saturated rings. The van der Waals surface area contributed by atoms with E-state index in [1.54, 1.807) is 6.92 Å². The second kappa shape index (κ2) is 10.0. The number of esters is 1. The van der Waals surface area contributed by atoms with Crippen molar-refractivity contribution in [1.82, 2.24) is 0 Å². The van der Waals surface area contributed by atoms with Crippen LogP contribution in [0.4, 0.5) is 18.9 Å². The molecule has 8 nitrogen and oxygen atoms in total. The molecular weight excluding hydrogens is 466 g/mol. The lowest BCUT2D eigenvalue weighted by atomic mass is 10.1. The van der Waals surface area contributed by atoms with E-state index in [0.29, 0.717) is 11.6 Å². The molecule has 2 rings (SSSR count). The lowest BCUT2D eigenvalue weighted by Crippen LogP contribution is -2.12. The van der Waals surface area contributed by atoms with Gasteiger partial charge in [0.2, 0.25) is 0 Å². The lowest BCUT2D eigenvalue weighted by molar-refractivity contribution is -0.383. The predicted molar refractivity (Wildman–Crippen MR) is 104 cm³/mol. The molecule has 0 heterocycles. The predicted octanol–water partition coefficient (Wildman–Crippen LogP) is 5.18. The van der Waals surface area contributed by atoms with Crippen LogP contribution in [0.25, 0.3) is 0 Å². The molecule has 0 aliphatic rings. The van der Waals surface area contributed by atoms with E-state index in [4.69, 9.17) is 20.9 Å². The van der Waals surface area contributed by atoms with E-state index >= 15 is 0 Å². The van der Waals surface area contributed by atoms with Crippen molar-refractivity contribution < 1.29 is 41.5 Å². The highest BCUT2D eigenvalue weighted by molar-refractivity contribution is 7.48. The molecule has 13 heteroatoms. The van der Waals surface area contributed by atoms with E-state index in [2.05, 4.69) is 4.74 Å². The summed E-state index contributed by atoms with van der Waals surface area (Å²) in [6.07, 6.45) is -4.36. The van der Waals surface area contributed by atoms with Gasteiger partial charge in [-0.2, -0.15) is 13.2 Å². The van der Waals surface area contributed by atoms with Crippen LogP contribution in [-0.2, 0) is 31.2 Å². The molecule has 0 spiro atoms. The summed E-state index contributed by atoms with van der Waals surface area (Å²) in [7, 11) is -1.78. The molecule has 2 aromatic carbocycles. The van der Waals surface area contributed by atoms with E-state index in [0.717, 1.165) is 31.4 Å². The Labute approximate surface area is 179 Å². The SMILES string of the molecule is CCc1cc([N+](=O)[O-])c([P+](=O)OCC(=O)OC)cc1Oc1ccc(C(F)(F)F)cc1Cl. The molecule has 2 aromatic rings. The van der Waals surface area contributed by atoms with Crippen molar-refractivity contribution in [1.29, 1.82) is 0 Å². The van der Waals surface area contributed by atoms with Gasteiger partial charge in [-0.1, -0.05) is 18.5 Å². The number of alkyl halides is 3. The zero-order valence-corrected chi connectivity index (χ0v) is 17.7. The van der Waals surface area contributed by atoms with Crippen molar-refractivity contribution in [3.05, 3.63) is 56.6 Å². The Morgan fingerprint density at radius 1 is 1.23 bits per heavy atom. The number of rotatable bonds is 8. The van der Waals surface area contributed by atoms with Crippen molar-refractivity contribution >= 4 is 36.6 Å². The zero-order chi connectivity index (χ0) is 23.3. The van der Waals surface area contributed by atoms with Crippen LogP contribution in [0.1, 0.15) is 18.1 Å². The van der Waals surface area contributed by atoms with E-state index in [1.807, 2.05) is 0 Å². The average Bonchev–Trinajstić information content (AvgIpc) is 2.71. The number of carbonyl (C=O) groups excluding carboxylic acids is 1. The zero-order valence-electron chi connectivity index (χ0n) is 16.1. The smallest absolute Gasteiger partial charge is 0.467 e. The van der Waals surface area contributed by atoms with Gasteiger partial charge in [0, 0.05) is 17.7 Å². The van der Waals surface area contributed by atoms with Gasteiger partial charge in [0.05, 0.1) is 22.6 Å². The molecule has 0 aromatic heterocycles. The Kier molecular flexibility index (Phi) is 7.94. The summed E-state index contributed by atoms with van der Waals surface area (Å²) >= 11 is 5.90. The number of hydrogen-bond donors (Lipinski definition) is 0. The van der Waals surface area contributed by atoms with Crippen LogP contribution in [-0.4, -0.2) is 24.6 Å². The van der Waals surface area contributed by atoms with E-state index < -0.39 is 43.0 Å². The Morgan fingerprint density at radius 3 is 2.42 bits per heavy atom. The largest absolute Gasteiger partial charge is 0.556 e. The Morgan fingerprint density at radius 2 is 1.90 bits per heavy atom. The third kappa shape index (κ3) is 6.13. The topological polar surface area (TPSA) is 105 Å². The van der Waals surface area contributed by atoms with Gasteiger partial charge >= 0.3 is 31.2 Å². The minimum Gasteiger partial charge on any atom is -0.467 e. The first-order valence-electron chi connectivity index (χ1n) is 8.50. The summed E-state index contributed by atoms with van der Waals surface area (Å²) in [4.78, 5) is 21.8. The average molecular weight is 481 g/mol. The van der Waals surface area contributed by atoms with E-state index in [9.17, 15) is 32.6 Å². The van der Waals surface area contributed by atoms with Crippen LogP contribution in [0.2, 0.25) is 5.02 Å². The molecule has 0 bridgehead atoms. The van der Waals surface area contributed by atoms with E-state index in [-0.39, 0.29) is 28.2 Å². The number of hydrogen-bond acceptors (Lipinski definition) is 7. The number of nitro groups is 1. The maximum absolute atomic E-state index is 12.8. The maximum Gasteiger partial charge on any atom is 0.556 e. The normalized spacial score (nSPS) is 11.7. The molecule has 0 saturated carbocycles. The number of nitro benzene ring substituents is 1. The number of nitrogens with zero attached hydrogens (tertiary/aromatic N) is 1. The van der Waals surface area contributed by atoms with Crippen molar-refractivity contribution in [2.75, 3.05) is 13.7 Å². The summed E-state index contributed by atoms with van der Waals surface area (Å²) in [5, 5.41) is 10.7. The molecule has 166 valence electrons. The maximum atomic E-state index is 12.8. The summed E-state index contributed by atoms with van der Waals surface area (Å²) in [5.41, 5.74) is -1.21. The summed E-state index contributed by atoms with van der Waals surface area (Å²) in [5.74, 6) is -1.01. The molecule has 0 aliphatic carbocycles. The molecule has 0 radical (unpaired) electrons. The van der Waals surface area contributed by atoms with E-state index in [1.165, 1.54) is 0 Å². The molecule has 31 heavy (non-hydrogen) atoms. The third-order valence-electron chi connectivity index (χ3n) is 3.94. The minimum atomic E-state index is -4.60. The number of aryl methyl sites for hydroxylation is 1. The van der Waals surface area contributed by atoms with Crippen LogP contribution in [0.3, 0.4) is 0 Å². The molecule has 0 amide bonds. The minimum absolute atomic E-state index is 0.0187. The van der Waals surface area contributed by atoms with Gasteiger partial charge in [-0.3, -0.25) is 10.1 Å². The Bertz CT molecular complexity index is 1030. The highest BCUT2D eigenvalue weighted by atomic mass is 35.5. The van der Waals surface area contributed by atoms with Crippen LogP contribution < -0.4 is 10.0 Å². The van der Waals surface area contributed by atoms with Gasteiger partial charge in [-0.05, 0) is 29.2 Å². The number of carbonyl (C=O) groups is 1. The Hall–Kier alpha value is -2.75. The number of ether oxygens (including phenoxy) is 2. The van der Waals surface area contributed by atoms with Gasteiger partial charge in [-0.15, -0.1) is 4.52 Å². The first kappa shape index (κ1) is 24.5. The van der Waals surface area contributed by atoms with Crippen molar-refractivity contribution in [3.63, 3.8) is 0 Å².